The minimum absolute atomic E-state index is 0.0964. The molecular formula is C14H19N3O2S. The zero-order valence-electron chi connectivity index (χ0n) is 11.9. The van der Waals surface area contributed by atoms with Gasteiger partial charge in [-0.05, 0) is 24.5 Å². The smallest absolute Gasteiger partial charge is 0.269 e. The molecule has 1 atom stereocenters. The van der Waals surface area contributed by atoms with Gasteiger partial charge in [-0.2, -0.15) is 0 Å². The average Bonchev–Trinajstić information content (AvgIpc) is 2.71. The molecule has 0 aromatic heterocycles. The lowest BCUT2D eigenvalue weighted by atomic mass is 10.0. The Bertz CT molecular complexity index is 514. The van der Waals surface area contributed by atoms with Crippen LogP contribution in [0.5, 0.6) is 0 Å². The molecule has 0 bridgehead atoms. The Morgan fingerprint density at radius 2 is 2.10 bits per heavy atom. The van der Waals surface area contributed by atoms with Crippen molar-refractivity contribution in [3.63, 3.8) is 0 Å². The van der Waals surface area contributed by atoms with E-state index in [9.17, 15) is 10.1 Å². The highest BCUT2D eigenvalue weighted by molar-refractivity contribution is 8.14. The number of benzene rings is 1. The van der Waals surface area contributed by atoms with Gasteiger partial charge in [-0.25, -0.2) is 4.99 Å². The van der Waals surface area contributed by atoms with Crippen LogP contribution in [0, 0.1) is 16.0 Å². The van der Waals surface area contributed by atoms with E-state index in [1.54, 1.807) is 23.9 Å². The van der Waals surface area contributed by atoms with Crippen LogP contribution in [0.25, 0.3) is 0 Å². The van der Waals surface area contributed by atoms with Gasteiger partial charge in [-0.3, -0.25) is 10.1 Å². The largest absolute Gasteiger partial charge is 0.350 e. The summed E-state index contributed by atoms with van der Waals surface area (Å²) in [4.78, 5) is 17.0. The summed E-state index contributed by atoms with van der Waals surface area (Å²) in [6.07, 6.45) is 1.16. The van der Waals surface area contributed by atoms with E-state index in [1.807, 2.05) is 0 Å². The van der Waals surface area contributed by atoms with Gasteiger partial charge in [-0.15, -0.1) is 0 Å². The highest BCUT2D eigenvalue weighted by Gasteiger charge is 2.27. The molecule has 20 heavy (non-hydrogen) atoms. The molecule has 0 radical (unpaired) electrons. The van der Waals surface area contributed by atoms with Gasteiger partial charge < -0.3 is 4.90 Å². The van der Waals surface area contributed by atoms with Crippen LogP contribution in [0.15, 0.2) is 29.3 Å². The molecule has 6 heteroatoms. The van der Waals surface area contributed by atoms with E-state index in [1.165, 1.54) is 12.1 Å². The lowest BCUT2D eigenvalue weighted by Crippen LogP contribution is -2.30. The minimum Gasteiger partial charge on any atom is -0.350 e. The predicted octanol–water partition coefficient (Wildman–Crippen LogP) is 3.68. The van der Waals surface area contributed by atoms with Crippen LogP contribution in [0.3, 0.4) is 0 Å². The Balaban J connectivity index is 2.09. The number of non-ortho nitro benzene ring substituents is 1. The second kappa shape index (κ2) is 6.26. The molecule has 0 aliphatic carbocycles. The number of hydrogen-bond acceptors (Lipinski definition) is 4. The third-order valence-electron chi connectivity index (χ3n) is 3.28. The number of rotatable bonds is 4. The van der Waals surface area contributed by atoms with Gasteiger partial charge in [-0.1, -0.05) is 25.6 Å². The van der Waals surface area contributed by atoms with Crippen LogP contribution in [0.4, 0.5) is 11.4 Å². The molecule has 1 aromatic rings. The first-order chi connectivity index (χ1) is 9.47. The van der Waals surface area contributed by atoms with Crippen LogP contribution in [0.1, 0.15) is 20.3 Å². The molecule has 0 spiro atoms. The average molecular weight is 293 g/mol. The number of aliphatic imine (C=N–C) groups is 1. The van der Waals surface area contributed by atoms with E-state index in [0.29, 0.717) is 12.0 Å². The Hall–Kier alpha value is -1.56. The monoisotopic (exact) mass is 293 g/mol. The number of hydrogen-bond donors (Lipinski definition) is 0. The summed E-state index contributed by atoms with van der Waals surface area (Å²) in [5, 5.41) is 11.6. The van der Waals surface area contributed by atoms with E-state index in [-0.39, 0.29) is 5.69 Å². The molecule has 0 N–H and O–H groups in total. The molecule has 108 valence electrons. The summed E-state index contributed by atoms with van der Waals surface area (Å²) in [7, 11) is 2.07. The second-order valence-corrected chi connectivity index (χ2v) is 6.36. The number of amidine groups is 1. The van der Waals surface area contributed by atoms with Gasteiger partial charge in [0.15, 0.2) is 5.17 Å². The maximum absolute atomic E-state index is 10.6. The van der Waals surface area contributed by atoms with Crippen LogP contribution in [0.2, 0.25) is 0 Å². The zero-order chi connectivity index (χ0) is 14.7. The van der Waals surface area contributed by atoms with Crippen molar-refractivity contribution >= 4 is 28.3 Å². The molecule has 0 saturated carbocycles. The minimum atomic E-state index is -0.397. The quantitative estimate of drug-likeness (QED) is 0.627. The first-order valence-electron chi connectivity index (χ1n) is 6.66. The van der Waals surface area contributed by atoms with Crippen molar-refractivity contribution in [3.05, 3.63) is 34.4 Å². The molecule has 1 aliphatic rings. The van der Waals surface area contributed by atoms with Crippen LogP contribution >= 0.6 is 11.8 Å². The molecular weight excluding hydrogens is 274 g/mol. The fraction of sp³-hybridized carbons (Fsp3) is 0.500. The maximum atomic E-state index is 10.6. The van der Waals surface area contributed by atoms with Crippen molar-refractivity contribution in [2.45, 2.75) is 26.3 Å². The number of nitro groups is 1. The topological polar surface area (TPSA) is 58.7 Å². The fourth-order valence-corrected chi connectivity index (χ4v) is 3.41. The second-order valence-electron chi connectivity index (χ2n) is 5.37. The molecule has 1 aliphatic heterocycles. The van der Waals surface area contributed by atoms with Crippen LogP contribution in [-0.4, -0.2) is 33.8 Å². The first-order valence-corrected chi connectivity index (χ1v) is 7.64. The van der Waals surface area contributed by atoms with Gasteiger partial charge in [0, 0.05) is 31.0 Å². The Morgan fingerprint density at radius 1 is 1.45 bits per heavy atom. The molecule has 1 heterocycles. The normalized spacial score (nSPS) is 20.9. The predicted molar refractivity (Wildman–Crippen MR) is 83.7 cm³/mol. The first kappa shape index (κ1) is 14.8. The molecule has 5 nitrogen and oxygen atoms in total. The van der Waals surface area contributed by atoms with Crippen molar-refractivity contribution in [3.8, 4) is 0 Å². The Kier molecular flexibility index (Phi) is 4.65. The Labute approximate surface area is 123 Å². The molecule has 0 amide bonds. The fourth-order valence-electron chi connectivity index (χ4n) is 2.18. The highest BCUT2D eigenvalue weighted by atomic mass is 32.2. The Morgan fingerprint density at radius 3 is 2.65 bits per heavy atom. The van der Waals surface area contributed by atoms with Gasteiger partial charge in [0.05, 0.1) is 10.6 Å². The molecule has 1 saturated heterocycles. The summed E-state index contributed by atoms with van der Waals surface area (Å²) < 4.78 is 0. The third-order valence-corrected chi connectivity index (χ3v) is 4.47. The summed E-state index contributed by atoms with van der Waals surface area (Å²) in [6.45, 7) is 4.45. The van der Waals surface area contributed by atoms with E-state index in [4.69, 9.17) is 0 Å². The number of thioether (sulfide) groups is 1. The molecule has 2 rings (SSSR count). The van der Waals surface area contributed by atoms with E-state index >= 15 is 0 Å². The van der Waals surface area contributed by atoms with Gasteiger partial charge >= 0.3 is 0 Å². The number of nitro benzene ring substituents is 1. The van der Waals surface area contributed by atoms with Crippen molar-refractivity contribution < 1.29 is 4.92 Å². The van der Waals surface area contributed by atoms with Gasteiger partial charge in [0.2, 0.25) is 0 Å². The lowest BCUT2D eigenvalue weighted by molar-refractivity contribution is -0.384. The van der Waals surface area contributed by atoms with E-state index in [2.05, 4.69) is 30.8 Å². The van der Waals surface area contributed by atoms with Crippen molar-refractivity contribution in [2.75, 3.05) is 12.8 Å². The van der Waals surface area contributed by atoms with Crippen molar-refractivity contribution in [1.82, 2.24) is 4.90 Å². The summed E-state index contributed by atoms with van der Waals surface area (Å²) in [5.74, 6) is 1.72. The third kappa shape index (κ3) is 3.50. The highest BCUT2D eigenvalue weighted by Crippen LogP contribution is 2.29. The lowest BCUT2D eigenvalue weighted by Gasteiger charge is -2.22. The summed E-state index contributed by atoms with van der Waals surface area (Å²) in [6, 6.07) is 6.89. The van der Waals surface area contributed by atoms with Gasteiger partial charge in [0.25, 0.3) is 5.69 Å². The van der Waals surface area contributed by atoms with Crippen LogP contribution in [-0.2, 0) is 0 Å². The number of nitrogens with zero attached hydrogens (tertiary/aromatic N) is 3. The standard InChI is InChI=1S/C14H19N3O2S/c1-10(2)8-13-9-20-14(16(13)3)15-11-4-6-12(7-5-11)17(18)19/h4-7,10,13H,8-9H2,1-3H3. The maximum Gasteiger partial charge on any atom is 0.269 e. The summed E-state index contributed by atoms with van der Waals surface area (Å²) >= 11 is 1.75. The van der Waals surface area contributed by atoms with Gasteiger partial charge in [0.1, 0.15) is 0 Å². The molecule has 1 aromatic carbocycles. The summed E-state index contributed by atoms with van der Waals surface area (Å²) in [5.41, 5.74) is 0.856. The van der Waals surface area contributed by atoms with Crippen molar-refractivity contribution in [1.29, 1.82) is 0 Å². The molecule has 1 unspecified atom stereocenters. The van der Waals surface area contributed by atoms with E-state index < -0.39 is 4.92 Å². The molecule has 1 fully saturated rings. The van der Waals surface area contributed by atoms with E-state index in [0.717, 1.165) is 23.0 Å². The van der Waals surface area contributed by atoms with Crippen LogP contribution < -0.4 is 0 Å². The SMILES string of the molecule is CC(C)CC1CSC(=Nc2ccc([N+](=O)[O-])cc2)N1C. The van der Waals surface area contributed by atoms with Crippen molar-refractivity contribution in [2.24, 2.45) is 10.9 Å². The zero-order valence-corrected chi connectivity index (χ0v) is 12.8.